The summed E-state index contributed by atoms with van der Waals surface area (Å²) in [4.78, 5) is 5.77. The number of thiazole rings is 1. The van der Waals surface area contributed by atoms with Gasteiger partial charge in [-0.15, -0.1) is 11.3 Å². The Bertz CT molecular complexity index is 521. The first-order valence-corrected chi connectivity index (χ1v) is 7.37. The summed E-state index contributed by atoms with van der Waals surface area (Å²) in [6.07, 6.45) is 0. The SMILES string of the molecule is Cc1nc(C)c(C(C)NCC(N)c2ccccc2)s1. The van der Waals surface area contributed by atoms with Gasteiger partial charge in [-0.25, -0.2) is 4.98 Å². The maximum atomic E-state index is 6.19. The molecule has 0 bridgehead atoms. The molecule has 0 aliphatic rings. The first-order valence-electron chi connectivity index (χ1n) is 6.55. The highest BCUT2D eigenvalue weighted by Crippen LogP contribution is 2.24. The predicted molar refractivity (Wildman–Crippen MR) is 81.4 cm³/mol. The zero-order valence-corrected chi connectivity index (χ0v) is 12.5. The van der Waals surface area contributed by atoms with Gasteiger partial charge in [0.2, 0.25) is 0 Å². The van der Waals surface area contributed by atoms with Crippen molar-refractivity contribution >= 4 is 11.3 Å². The summed E-state index contributed by atoms with van der Waals surface area (Å²) in [5.74, 6) is 0. The van der Waals surface area contributed by atoms with Gasteiger partial charge in [0, 0.05) is 23.5 Å². The van der Waals surface area contributed by atoms with Crippen molar-refractivity contribution in [3.63, 3.8) is 0 Å². The molecule has 0 aliphatic heterocycles. The Morgan fingerprint density at radius 1 is 1.26 bits per heavy atom. The summed E-state index contributed by atoms with van der Waals surface area (Å²) in [7, 11) is 0. The molecule has 0 amide bonds. The molecule has 2 rings (SSSR count). The molecule has 2 aromatic rings. The third kappa shape index (κ3) is 3.62. The third-order valence-corrected chi connectivity index (χ3v) is 4.46. The molecule has 0 fully saturated rings. The molecule has 19 heavy (non-hydrogen) atoms. The largest absolute Gasteiger partial charge is 0.323 e. The summed E-state index contributed by atoms with van der Waals surface area (Å²) in [6.45, 7) is 7.04. The number of rotatable bonds is 5. The van der Waals surface area contributed by atoms with E-state index in [1.54, 1.807) is 11.3 Å². The summed E-state index contributed by atoms with van der Waals surface area (Å²) in [6, 6.07) is 10.5. The molecule has 2 atom stereocenters. The topological polar surface area (TPSA) is 50.9 Å². The van der Waals surface area contributed by atoms with Crippen LogP contribution in [0.25, 0.3) is 0 Å². The first-order chi connectivity index (χ1) is 9.08. The third-order valence-electron chi connectivity index (χ3n) is 3.20. The van der Waals surface area contributed by atoms with Crippen molar-refractivity contribution in [3.8, 4) is 0 Å². The first kappa shape index (κ1) is 14.2. The van der Waals surface area contributed by atoms with Gasteiger partial charge in [0.15, 0.2) is 0 Å². The number of aryl methyl sites for hydroxylation is 2. The fraction of sp³-hybridized carbons (Fsp3) is 0.400. The van der Waals surface area contributed by atoms with E-state index in [1.807, 2.05) is 25.1 Å². The van der Waals surface area contributed by atoms with E-state index in [4.69, 9.17) is 5.73 Å². The van der Waals surface area contributed by atoms with E-state index in [2.05, 4.69) is 36.3 Å². The lowest BCUT2D eigenvalue weighted by atomic mass is 10.1. The summed E-state index contributed by atoms with van der Waals surface area (Å²) in [5.41, 5.74) is 8.48. The number of nitrogens with two attached hydrogens (primary N) is 1. The Hall–Kier alpha value is -1.23. The van der Waals surface area contributed by atoms with Crippen molar-refractivity contribution in [3.05, 3.63) is 51.5 Å². The van der Waals surface area contributed by atoms with Crippen LogP contribution in [0.4, 0.5) is 0 Å². The van der Waals surface area contributed by atoms with Gasteiger partial charge in [-0.2, -0.15) is 0 Å². The monoisotopic (exact) mass is 275 g/mol. The average Bonchev–Trinajstić information content (AvgIpc) is 2.75. The molecule has 4 heteroatoms. The van der Waals surface area contributed by atoms with E-state index in [0.29, 0.717) is 6.04 Å². The molecular formula is C15H21N3S. The van der Waals surface area contributed by atoms with Crippen molar-refractivity contribution in [1.29, 1.82) is 0 Å². The highest BCUT2D eigenvalue weighted by Gasteiger charge is 2.14. The fourth-order valence-corrected chi connectivity index (χ4v) is 3.12. The Labute approximate surface area is 118 Å². The van der Waals surface area contributed by atoms with Gasteiger partial charge >= 0.3 is 0 Å². The van der Waals surface area contributed by atoms with Gasteiger partial charge in [0.25, 0.3) is 0 Å². The summed E-state index contributed by atoms with van der Waals surface area (Å²) >= 11 is 1.76. The molecule has 102 valence electrons. The quantitative estimate of drug-likeness (QED) is 0.881. The molecule has 3 N–H and O–H groups in total. The van der Waals surface area contributed by atoms with Crippen molar-refractivity contribution in [1.82, 2.24) is 10.3 Å². The van der Waals surface area contributed by atoms with Gasteiger partial charge in [0.1, 0.15) is 0 Å². The lowest BCUT2D eigenvalue weighted by Crippen LogP contribution is -2.29. The van der Waals surface area contributed by atoms with Crippen molar-refractivity contribution in [2.75, 3.05) is 6.54 Å². The minimum Gasteiger partial charge on any atom is -0.323 e. The molecule has 0 saturated heterocycles. The molecule has 0 spiro atoms. The standard InChI is InChI=1S/C15H21N3S/c1-10(15-11(2)18-12(3)19-15)17-9-14(16)13-7-5-4-6-8-13/h4-8,10,14,17H,9,16H2,1-3H3. The van der Waals surface area contributed by atoms with Gasteiger partial charge < -0.3 is 11.1 Å². The Kier molecular flexibility index (Phi) is 4.69. The zero-order chi connectivity index (χ0) is 13.8. The molecule has 2 unspecified atom stereocenters. The lowest BCUT2D eigenvalue weighted by Gasteiger charge is -2.17. The van der Waals surface area contributed by atoms with E-state index < -0.39 is 0 Å². The minimum absolute atomic E-state index is 0.0259. The average molecular weight is 275 g/mol. The van der Waals surface area contributed by atoms with E-state index >= 15 is 0 Å². The van der Waals surface area contributed by atoms with E-state index in [0.717, 1.165) is 17.2 Å². The second-order valence-electron chi connectivity index (χ2n) is 4.83. The number of nitrogens with one attached hydrogen (secondary N) is 1. The minimum atomic E-state index is 0.0259. The molecule has 1 aromatic heterocycles. The second-order valence-corrected chi connectivity index (χ2v) is 6.06. The van der Waals surface area contributed by atoms with Crippen LogP contribution in [0.5, 0.6) is 0 Å². The predicted octanol–water partition coefficient (Wildman–Crippen LogP) is 3.11. The highest BCUT2D eigenvalue weighted by molar-refractivity contribution is 7.11. The maximum Gasteiger partial charge on any atom is 0.0900 e. The van der Waals surface area contributed by atoms with Gasteiger partial charge in [0.05, 0.1) is 10.7 Å². The van der Waals surface area contributed by atoms with Gasteiger partial charge in [-0.05, 0) is 26.3 Å². The fourth-order valence-electron chi connectivity index (χ4n) is 2.16. The van der Waals surface area contributed by atoms with Crippen LogP contribution in [0.1, 0.15) is 40.1 Å². The van der Waals surface area contributed by atoms with Crippen molar-refractivity contribution in [2.45, 2.75) is 32.9 Å². The molecule has 0 aliphatic carbocycles. The molecule has 0 radical (unpaired) electrons. The molecule has 1 heterocycles. The van der Waals surface area contributed by atoms with Gasteiger partial charge in [-0.1, -0.05) is 30.3 Å². The number of hydrogen-bond acceptors (Lipinski definition) is 4. The number of hydrogen-bond donors (Lipinski definition) is 2. The van der Waals surface area contributed by atoms with Crippen LogP contribution >= 0.6 is 11.3 Å². The Morgan fingerprint density at radius 2 is 1.95 bits per heavy atom. The smallest absolute Gasteiger partial charge is 0.0900 e. The van der Waals surface area contributed by atoms with Crippen LogP contribution < -0.4 is 11.1 Å². The normalized spacial score (nSPS) is 14.3. The lowest BCUT2D eigenvalue weighted by molar-refractivity contribution is 0.530. The molecule has 0 saturated carbocycles. The van der Waals surface area contributed by atoms with Crippen LogP contribution in [0.15, 0.2) is 30.3 Å². The zero-order valence-electron chi connectivity index (χ0n) is 11.7. The Balaban J connectivity index is 1.94. The Morgan fingerprint density at radius 3 is 2.53 bits per heavy atom. The van der Waals surface area contributed by atoms with E-state index in [1.165, 1.54) is 10.4 Å². The van der Waals surface area contributed by atoms with Gasteiger partial charge in [-0.3, -0.25) is 0 Å². The number of aromatic nitrogens is 1. The maximum absolute atomic E-state index is 6.19. The number of benzene rings is 1. The van der Waals surface area contributed by atoms with E-state index in [9.17, 15) is 0 Å². The van der Waals surface area contributed by atoms with E-state index in [-0.39, 0.29) is 6.04 Å². The van der Waals surface area contributed by atoms with Crippen molar-refractivity contribution in [2.24, 2.45) is 5.73 Å². The van der Waals surface area contributed by atoms with Crippen molar-refractivity contribution < 1.29 is 0 Å². The molecular weight excluding hydrogens is 254 g/mol. The highest BCUT2D eigenvalue weighted by atomic mass is 32.1. The van der Waals surface area contributed by atoms with Crippen LogP contribution in [0.2, 0.25) is 0 Å². The summed E-state index contributed by atoms with van der Waals surface area (Å²) in [5, 5.41) is 4.62. The van der Waals surface area contributed by atoms with Crippen LogP contribution in [0, 0.1) is 13.8 Å². The summed E-state index contributed by atoms with van der Waals surface area (Å²) < 4.78 is 0. The number of nitrogens with zero attached hydrogens (tertiary/aromatic N) is 1. The van der Waals surface area contributed by atoms with Crippen LogP contribution in [0.3, 0.4) is 0 Å². The van der Waals surface area contributed by atoms with Crippen LogP contribution in [-0.4, -0.2) is 11.5 Å². The van der Waals surface area contributed by atoms with Crippen LogP contribution in [-0.2, 0) is 0 Å². The molecule has 1 aromatic carbocycles. The second kappa shape index (κ2) is 6.28. The molecule has 3 nitrogen and oxygen atoms in total.